The normalized spacial score (nSPS) is 11.3. The first-order valence-electron chi connectivity index (χ1n) is 7.32. The van der Waals surface area contributed by atoms with Crippen molar-refractivity contribution in [1.82, 2.24) is 15.3 Å². The summed E-state index contributed by atoms with van der Waals surface area (Å²) < 4.78 is 0. The van der Waals surface area contributed by atoms with Gasteiger partial charge in [0, 0.05) is 27.4 Å². The number of carbonyl (C=O) groups is 1. The molecule has 0 aliphatic rings. The van der Waals surface area contributed by atoms with E-state index in [4.69, 9.17) is 0 Å². The maximum atomic E-state index is 12.1. The van der Waals surface area contributed by atoms with Crippen molar-refractivity contribution in [3.63, 3.8) is 0 Å². The molecule has 0 aliphatic carbocycles. The Bertz CT molecular complexity index is 674. The molecule has 1 heterocycles. The summed E-state index contributed by atoms with van der Waals surface area (Å²) in [6, 6.07) is 9.52. The zero-order chi connectivity index (χ0) is 17.0. The SMILES string of the molecule is Cc1cc(C)nc(SSc2ccc(C(=O)NC(C)(C)C)cc2)n1. The Morgan fingerprint density at radius 1 is 1.00 bits per heavy atom. The van der Waals surface area contributed by atoms with Gasteiger partial charge in [-0.2, -0.15) is 0 Å². The molecule has 0 radical (unpaired) electrons. The van der Waals surface area contributed by atoms with Crippen molar-refractivity contribution < 1.29 is 4.79 Å². The Morgan fingerprint density at radius 2 is 1.57 bits per heavy atom. The number of hydrogen-bond donors (Lipinski definition) is 1. The van der Waals surface area contributed by atoms with Gasteiger partial charge in [0.15, 0.2) is 5.16 Å². The van der Waals surface area contributed by atoms with Crippen LogP contribution in [-0.2, 0) is 0 Å². The highest BCUT2D eigenvalue weighted by Gasteiger charge is 2.15. The Morgan fingerprint density at radius 3 is 2.09 bits per heavy atom. The first-order valence-corrected chi connectivity index (χ1v) is 9.47. The van der Waals surface area contributed by atoms with E-state index in [9.17, 15) is 4.79 Å². The molecule has 1 N–H and O–H groups in total. The molecule has 0 saturated carbocycles. The smallest absolute Gasteiger partial charge is 0.251 e. The quantitative estimate of drug-likeness (QED) is 0.655. The summed E-state index contributed by atoms with van der Waals surface area (Å²) in [5.74, 6) is -0.0562. The molecule has 0 saturated heterocycles. The molecular weight excluding hydrogens is 326 g/mol. The van der Waals surface area contributed by atoms with Crippen LogP contribution in [0.2, 0.25) is 0 Å². The molecule has 122 valence electrons. The molecule has 0 atom stereocenters. The van der Waals surface area contributed by atoms with Crippen LogP contribution in [0.15, 0.2) is 40.4 Å². The fourth-order valence-electron chi connectivity index (χ4n) is 1.89. The van der Waals surface area contributed by atoms with Crippen molar-refractivity contribution in [1.29, 1.82) is 0 Å². The van der Waals surface area contributed by atoms with Gasteiger partial charge in [-0.05, 0) is 86.5 Å². The number of carbonyl (C=O) groups excluding carboxylic acids is 1. The predicted octanol–water partition coefficient (Wildman–Crippen LogP) is 4.42. The molecule has 23 heavy (non-hydrogen) atoms. The maximum absolute atomic E-state index is 12.1. The third kappa shape index (κ3) is 5.88. The van der Waals surface area contributed by atoms with E-state index in [1.807, 2.05) is 65.0 Å². The van der Waals surface area contributed by atoms with Crippen LogP contribution in [0, 0.1) is 13.8 Å². The van der Waals surface area contributed by atoms with Crippen molar-refractivity contribution in [2.45, 2.75) is 50.2 Å². The van der Waals surface area contributed by atoms with Gasteiger partial charge in [-0.25, -0.2) is 9.97 Å². The lowest BCUT2D eigenvalue weighted by molar-refractivity contribution is 0.0919. The van der Waals surface area contributed by atoms with Crippen molar-refractivity contribution >= 4 is 27.5 Å². The van der Waals surface area contributed by atoms with Gasteiger partial charge in [0.05, 0.1) is 0 Å². The van der Waals surface area contributed by atoms with Crippen molar-refractivity contribution in [3.8, 4) is 0 Å². The largest absolute Gasteiger partial charge is 0.347 e. The summed E-state index contributed by atoms with van der Waals surface area (Å²) in [5, 5.41) is 3.71. The molecule has 2 aromatic rings. The zero-order valence-corrected chi connectivity index (χ0v) is 15.6. The minimum Gasteiger partial charge on any atom is -0.347 e. The molecule has 2 rings (SSSR count). The third-order valence-corrected chi connectivity index (χ3v) is 4.93. The van der Waals surface area contributed by atoms with E-state index in [0.29, 0.717) is 5.56 Å². The summed E-state index contributed by atoms with van der Waals surface area (Å²) in [7, 11) is 3.10. The zero-order valence-electron chi connectivity index (χ0n) is 14.0. The van der Waals surface area contributed by atoms with Crippen molar-refractivity contribution in [2.24, 2.45) is 0 Å². The highest BCUT2D eigenvalue weighted by molar-refractivity contribution is 8.76. The number of rotatable bonds is 4. The molecule has 1 aromatic carbocycles. The fraction of sp³-hybridized carbons (Fsp3) is 0.353. The topological polar surface area (TPSA) is 54.9 Å². The van der Waals surface area contributed by atoms with E-state index in [1.165, 1.54) is 10.8 Å². The Kier molecular flexibility index (Phi) is 5.70. The number of aromatic nitrogens is 2. The molecule has 0 fully saturated rings. The predicted molar refractivity (Wildman–Crippen MR) is 96.9 cm³/mol. The molecular formula is C17H21N3OS2. The minimum atomic E-state index is -0.235. The van der Waals surface area contributed by atoms with Crippen LogP contribution >= 0.6 is 21.6 Å². The Balaban J connectivity index is 1.98. The summed E-state index contributed by atoms with van der Waals surface area (Å²) in [6.45, 7) is 9.83. The standard InChI is InChI=1S/C17H21N3OS2/c1-11-10-12(2)19-16(18-11)23-22-14-8-6-13(7-9-14)15(21)20-17(3,4)5/h6-10H,1-5H3,(H,20,21). The second kappa shape index (κ2) is 7.36. The van der Waals surface area contributed by atoms with E-state index in [0.717, 1.165) is 21.4 Å². The molecule has 1 amide bonds. The van der Waals surface area contributed by atoms with Crippen LogP contribution in [0.3, 0.4) is 0 Å². The molecule has 0 unspecified atom stereocenters. The Labute approximate surface area is 145 Å². The van der Waals surface area contributed by atoms with Crippen LogP contribution in [0.4, 0.5) is 0 Å². The van der Waals surface area contributed by atoms with E-state index < -0.39 is 0 Å². The Hall–Kier alpha value is -1.53. The average molecular weight is 348 g/mol. The maximum Gasteiger partial charge on any atom is 0.251 e. The van der Waals surface area contributed by atoms with Crippen molar-refractivity contribution in [2.75, 3.05) is 0 Å². The lowest BCUT2D eigenvalue weighted by atomic mass is 10.1. The molecule has 6 heteroatoms. The molecule has 0 bridgehead atoms. The second-order valence-electron chi connectivity index (χ2n) is 6.33. The molecule has 1 aromatic heterocycles. The lowest BCUT2D eigenvalue weighted by Gasteiger charge is -2.20. The van der Waals surface area contributed by atoms with Gasteiger partial charge in [0.2, 0.25) is 0 Å². The van der Waals surface area contributed by atoms with E-state index in [-0.39, 0.29) is 11.4 Å². The summed E-state index contributed by atoms with van der Waals surface area (Å²) in [4.78, 5) is 21.9. The van der Waals surface area contributed by atoms with E-state index in [1.54, 1.807) is 10.8 Å². The fourth-order valence-corrected chi connectivity index (χ4v) is 3.74. The van der Waals surface area contributed by atoms with Gasteiger partial charge < -0.3 is 5.32 Å². The summed E-state index contributed by atoms with van der Waals surface area (Å²) >= 11 is 0. The number of hydrogen-bond acceptors (Lipinski definition) is 5. The van der Waals surface area contributed by atoms with Gasteiger partial charge >= 0.3 is 0 Å². The summed E-state index contributed by atoms with van der Waals surface area (Å²) in [5.41, 5.74) is 2.36. The van der Waals surface area contributed by atoms with Gasteiger partial charge in [-0.3, -0.25) is 4.79 Å². The first kappa shape index (κ1) is 17.8. The second-order valence-corrected chi connectivity index (χ2v) is 8.50. The molecule has 0 aliphatic heterocycles. The number of aryl methyl sites for hydroxylation is 2. The van der Waals surface area contributed by atoms with E-state index >= 15 is 0 Å². The molecule has 4 nitrogen and oxygen atoms in total. The first-order chi connectivity index (χ1) is 10.7. The van der Waals surface area contributed by atoms with Gasteiger partial charge in [-0.1, -0.05) is 0 Å². The van der Waals surface area contributed by atoms with Crippen LogP contribution in [0.5, 0.6) is 0 Å². The number of nitrogens with zero attached hydrogens (tertiary/aromatic N) is 2. The number of nitrogens with one attached hydrogen (secondary N) is 1. The number of amides is 1. The average Bonchev–Trinajstić information content (AvgIpc) is 2.43. The highest BCUT2D eigenvalue weighted by atomic mass is 33.1. The van der Waals surface area contributed by atoms with Gasteiger partial charge in [0.25, 0.3) is 5.91 Å². The molecule has 0 spiro atoms. The third-order valence-electron chi connectivity index (χ3n) is 2.78. The minimum absolute atomic E-state index is 0.0562. The van der Waals surface area contributed by atoms with Crippen LogP contribution in [-0.4, -0.2) is 21.4 Å². The van der Waals surface area contributed by atoms with Crippen LogP contribution in [0.1, 0.15) is 42.5 Å². The van der Waals surface area contributed by atoms with E-state index in [2.05, 4.69) is 15.3 Å². The monoisotopic (exact) mass is 347 g/mol. The van der Waals surface area contributed by atoms with Crippen LogP contribution < -0.4 is 5.32 Å². The lowest BCUT2D eigenvalue weighted by Crippen LogP contribution is -2.40. The van der Waals surface area contributed by atoms with Crippen molar-refractivity contribution in [3.05, 3.63) is 47.3 Å². The summed E-state index contributed by atoms with van der Waals surface area (Å²) in [6.07, 6.45) is 0. The van der Waals surface area contributed by atoms with Crippen LogP contribution in [0.25, 0.3) is 0 Å². The van der Waals surface area contributed by atoms with Gasteiger partial charge in [0.1, 0.15) is 0 Å². The highest BCUT2D eigenvalue weighted by Crippen LogP contribution is 2.35. The van der Waals surface area contributed by atoms with Gasteiger partial charge in [-0.15, -0.1) is 0 Å². The number of benzene rings is 1.